The molecule has 0 aliphatic carbocycles. The topological polar surface area (TPSA) is 96.3 Å². The van der Waals surface area contributed by atoms with E-state index in [1.54, 1.807) is 18.2 Å². The molecule has 8 nitrogen and oxygen atoms in total. The van der Waals surface area contributed by atoms with Gasteiger partial charge in [-0.3, -0.25) is 14.4 Å². The van der Waals surface area contributed by atoms with Crippen LogP contribution in [0.1, 0.15) is 52.0 Å². The summed E-state index contributed by atoms with van der Waals surface area (Å²) in [5.41, 5.74) is 5.20. The Kier molecular flexibility index (Phi) is 5.89. The number of piperidine rings is 1. The van der Waals surface area contributed by atoms with E-state index in [9.17, 15) is 14.4 Å². The van der Waals surface area contributed by atoms with Crippen molar-refractivity contribution in [1.82, 2.24) is 19.8 Å². The number of aryl methyl sites for hydroxylation is 1. The molecule has 0 spiro atoms. The first-order valence-electron chi connectivity index (χ1n) is 13.6. The summed E-state index contributed by atoms with van der Waals surface area (Å²) in [5.74, 6) is -0.195. The van der Waals surface area contributed by atoms with Crippen LogP contribution in [0.2, 0.25) is 5.02 Å². The van der Waals surface area contributed by atoms with E-state index in [0.717, 1.165) is 53.6 Å². The Labute approximate surface area is 236 Å². The number of fused-ring (bicyclic) bond motifs is 4. The summed E-state index contributed by atoms with van der Waals surface area (Å²) in [6.45, 7) is 0. The van der Waals surface area contributed by atoms with Crippen molar-refractivity contribution in [1.29, 1.82) is 0 Å². The predicted molar refractivity (Wildman–Crippen MR) is 153 cm³/mol. The Morgan fingerprint density at radius 1 is 1.02 bits per heavy atom. The molecule has 2 N–H and O–H groups in total. The van der Waals surface area contributed by atoms with E-state index in [1.807, 2.05) is 59.2 Å². The Balaban J connectivity index is 1.08. The lowest BCUT2D eigenvalue weighted by Gasteiger charge is -2.39. The summed E-state index contributed by atoms with van der Waals surface area (Å²) in [7, 11) is 1.96. The minimum atomic E-state index is -0.141. The van der Waals surface area contributed by atoms with Crippen molar-refractivity contribution in [2.24, 2.45) is 7.05 Å². The SMILES string of the molecule is Cn1ccc(-c2cc(Cl)c3ccc(C(=O)N4[C@@H]5CC[C@H]4CC(NC(=O)c4ccc6c(c4)CC(=O)N6)C5)cc3n2)c1. The van der Waals surface area contributed by atoms with Gasteiger partial charge in [-0.2, -0.15) is 0 Å². The van der Waals surface area contributed by atoms with E-state index in [1.165, 1.54) is 0 Å². The van der Waals surface area contributed by atoms with Crippen LogP contribution in [0.15, 0.2) is 60.9 Å². The average molecular weight is 554 g/mol. The van der Waals surface area contributed by atoms with Crippen LogP contribution in [-0.2, 0) is 18.3 Å². The molecule has 2 fully saturated rings. The Morgan fingerprint density at radius 3 is 2.55 bits per heavy atom. The molecule has 3 aliphatic rings. The highest BCUT2D eigenvalue weighted by atomic mass is 35.5. The van der Waals surface area contributed by atoms with Crippen LogP contribution in [0.25, 0.3) is 22.2 Å². The van der Waals surface area contributed by atoms with Gasteiger partial charge in [-0.15, -0.1) is 0 Å². The summed E-state index contributed by atoms with van der Waals surface area (Å²) < 4.78 is 1.96. The van der Waals surface area contributed by atoms with Gasteiger partial charge >= 0.3 is 0 Å². The van der Waals surface area contributed by atoms with Crippen LogP contribution in [0.5, 0.6) is 0 Å². The van der Waals surface area contributed by atoms with Gasteiger partial charge in [0, 0.05) is 65.3 Å². The van der Waals surface area contributed by atoms with Crippen LogP contribution in [0.4, 0.5) is 5.69 Å². The second kappa shape index (κ2) is 9.48. The smallest absolute Gasteiger partial charge is 0.254 e. The van der Waals surface area contributed by atoms with Gasteiger partial charge < -0.3 is 20.1 Å². The van der Waals surface area contributed by atoms with E-state index >= 15 is 0 Å². The van der Waals surface area contributed by atoms with Gasteiger partial charge in [0.1, 0.15) is 0 Å². The highest BCUT2D eigenvalue weighted by Crippen LogP contribution is 2.38. The predicted octanol–water partition coefficient (Wildman–Crippen LogP) is 4.95. The molecule has 7 rings (SSSR count). The van der Waals surface area contributed by atoms with Crippen LogP contribution >= 0.6 is 11.6 Å². The van der Waals surface area contributed by atoms with Crippen LogP contribution < -0.4 is 10.6 Å². The van der Waals surface area contributed by atoms with Crippen molar-refractivity contribution in [3.05, 3.63) is 82.6 Å². The molecule has 2 bridgehead atoms. The van der Waals surface area contributed by atoms with Crippen LogP contribution in [0, 0.1) is 0 Å². The maximum absolute atomic E-state index is 13.8. The normalized spacial score (nSPS) is 21.4. The minimum absolute atomic E-state index is 0.00185. The number of halogens is 1. The van der Waals surface area contributed by atoms with Crippen molar-refractivity contribution in [3.63, 3.8) is 0 Å². The third-order valence-corrected chi connectivity index (χ3v) is 8.74. The largest absolute Gasteiger partial charge is 0.357 e. The summed E-state index contributed by atoms with van der Waals surface area (Å²) in [4.78, 5) is 45.3. The molecule has 202 valence electrons. The summed E-state index contributed by atoms with van der Waals surface area (Å²) >= 11 is 6.60. The van der Waals surface area contributed by atoms with Crippen LogP contribution in [-0.4, -0.2) is 50.3 Å². The number of aromatic nitrogens is 2. The number of nitrogens with one attached hydrogen (secondary N) is 2. The fourth-order valence-electron chi connectivity index (χ4n) is 6.54. The van der Waals surface area contributed by atoms with Crippen molar-refractivity contribution in [2.45, 2.75) is 50.2 Å². The molecule has 40 heavy (non-hydrogen) atoms. The molecule has 2 aromatic carbocycles. The number of rotatable bonds is 4. The molecule has 0 radical (unpaired) electrons. The van der Waals surface area contributed by atoms with E-state index in [4.69, 9.17) is 16.6 Å². The molecule has 9 heteroatoms. The first kappa shape index (κ1) is 24.8. The molecule has 5 heterocycles. The molecule has 3 amide bonds. The zero-order chi connectivity index (χ0) is 27.5. The van der Waals surface area contributed by atoms with Gasteiger partial charge in [0.05, 0.1) is 22.7 Å². The molecule has 4 aromatic rings. The lowest BCUT2D eigenvalue weighted by atomic mass is 9.95. The van der Waals surface area contributed by atoms with Crippen molar-refractivity contribution >= 4 is 45.9 Å². The average Bonchev–Trinajstić information content (AvgIpc) is 3.61. The molecule has 3 aliphatic heterocycles. The van der Waals surface area contributed by atoms with Gasteiger partial charge in [-0.05, 0) is 73.7 Å². The molecular weight excluding hydrogens is 526 g/mol. The van der Waals surface area contributed by atoms with Gasteiger partial charge in [-0.1, -0.05) is 17.7 Å². The molecule has 0 saturated carbocycles. The zero-order valence-corrected chi connectivity index (χ0v) is 22.7. The van der Waals surface area contributed by atoms with Gasteiger partial charge in [0.2, 0.25) is 5.91 Å². The van der Waals surface area contributed by atoms with Crippen molar-refractivity contribution < 1.29 is 14.4 Å². The fraction of sp³-hybridized carbons (Fsp3) is 0.290. The van der Waals surface area contributed by atoms with Crippen molar-refractivity contribution in [3.8, 4) is 11.3 Å². The maximum Gasteiger partial charge on any atom is 0.254 e. The summed E-state index contributed by atoms with van der Waals surface area (Å²) in [5, 5.41) is 7.40. The minimum Gasteiger partial charge on any atom is -0.357 e. The molecule has 2 saturated heterocycles. The van der Waals surface area contributed by atoms with E-state index in [0.29, 0.717) is 28.1 Å². The highest BCUT2D eigenvalue weighted by Gasteiger charge is 2.44. The van der Waals surface area contributed by atoms with E-state index in [2.05, 4.69) is 10.6 Å². The number of pyridine rings is 1. The Hall–Kier alpha value is -4.17. The van der Waals surface area contributed by atoms with Crippen molar-refractivity contribution in [2.75, 3.05) is 5.32 Å². The number of benzene rings is 2. The maximum atomic E-state index is 13.8. The van der Waals surface area contributed by atoms with Gasteiger partial charge in [0.15, 0.2) is 0 Å². The van der Waals surface area contributed by atoms with E-state index in [-0.39, 0.29) is 35.8 Å². The number of carbonyl (C=O) groups is 3. The Bertz CT molecular complexity index is 1700. The monoisotopic (exact) mass is 553 g/mol. The first-order chi connectivity index (χ1) is 19.3. The molecule has 1 unspecified atom stereocenters. The zero-order valence-electron chi connectivity index (χ0n) is 22.0. The van der Waals surface area contributed by atoms with Gasteiger partial charge in [-0.25, -0.2) is 4.98 Å². The number of anilines is 1. The van der Waals surface area contributed by atoms with Gasteiger partial charge in [0.25, 0.3) is 11.8 Å². The number of hydrogen-bond acceptors (Lipinski definition) is 4. The summed E-state index contributed by atoms with van der Waals surface area (Å²) in [6, 6.07) is 14.9. The number of carbonyl (C=O) groups excluding carboxylic acids is 3. The molecule has 2 aromatic heterocycles. The second-order valence-electron chi connectivity index (χ2n) is 11.1. The fourth-order valence-corrected chi connectivity index (χ4v) is 6.80. The Morgan fingerprint density at radius 2 is 1.80 bits per heavy atom. The lowest BCUT2D eigenvalue weighted by molar-refractivity contribution is -0.115. The summed E-state index contributed by atoms with van der Waals surface area (Å²) in [6.07, 6.45) is 7.52. The first-order valence-corrected chi connectivity index (χ1v) is 14.0. The number of nitrogens with zero attached hydrogens (tertiary/aromatic N) is 3. The second-order valence-corrected chi connectivity index (χ2v) is 11.5. The standard InChI is InChI=1S/C31H28ClN5O3/c1-36-9-8-19(16-36)27-15-25(32)24-6-2-18(11-28(24)34-27)31(40)37-22-4-5-23(37)14-21(13-22)33-30(39)17-3-7-26-20(10-17)12-29(38)35-26/h2-3,6-11,15-16,21-23H,4-5,12-14H2,1H3,(H,33,39)(H,35,38)/t21?,22-,23+. The third-order valence-electron chi connectivity index (χ3n) is 8.43. The number of hydrogen-bond donors (Lipinski definition) is 2. The van der Waals surface area contributed by atoms with Crippen LogP contribution in [0.3, 0.4) is 0 Å². The molecular formula is C31H28ClN5O3. The lowest BCUT2D eigenvalue weighted by Crippen LogP contribution is -2.52. The quantitative estimate of drug-likeness (QED) is 0.373. The molecule has 3 atom stereocenters. The highest BCUT2D eigenvalue weighted by molar-refractivity contribution is 6.35. The number of amides is 3. The van der Waals surface area contributed by atoms with E-state index < -0.39 is 0 Å². The third kappa shape index (κ3) is 4.32.